The molecule has 2 aromatic heterocycles. The number of aromatic nitrogens is 3. The number of pyridine rings is 1. The number of hydrogen-bond donors (Lipinski definition) is 1. The first-order valence-electron chi connectivity index (χ1n) is 7.68. The topological polar surface area (TPSA) is 41.6 Å². The summed E-state index contributed by atoms with van der Waals surface area (Å²) in [5.74, 6) is 0.0589. The number of nitrogens with zero attached hydrogens (tertiary/aromatic N) is 2. The highest BCUT2D eigenvalue weighted by Gasteiger charge is 2.25. The average Bonchev–Trinajstić information content (AvgIpc) is 2.87. The summed E-state index contributed by atoms with van der Waals surface area (Å²) in [5, 5.41) is 7.44. The number of H-pyrrole nitrogens is 1. The highest BCUT2D eigenvalue weighted by Crippen LogP contribution is 2.41. The number of halogens is 2. The van der Waals surface area contributed by atoms with E-state index in [1.54, 1.807) is 6.20 Å². The molecule has 0 amide bonds. The van der Waals surface area contributed by atoms with E-state index < -0.39 is 5.95 Å². The van der Waals surface area contributed by atoms with Gasteiger partial charge in [0.1, 0.15) is 0 Å². The van der Waals surface area contributed by atoms with Gasteiger partial charge in [-0.2, -0.15) is 9.49 Å². The van der Waals surface area contributed by atoms with Crippen LogP contribution in [0.4, 0.5) is 4.39 Å². The van der Waals surface area contributed by atoms with Crippen LogP contribution in [0.1, 0.15) is 30.5 Å². The van der Waals surface area contributed by atoms with E-state index in [9.17, 15) is 4.39 Å². The summed E-state index contributed by atoms with van der Waals surface area (Å²) in [4.78, 5) is 4.45. The molecule has 5 heteroatoms. The predicted octanol–water partition coefficient (Wildman–Crippen LogP) is 5.09. The molecular formula is C18H15ClFN3. The van der Waals surface area contributed by atoms with Crippen LogP contribution in [0.3, 0.4) is 0 Å². The van der Waals surface area contributed by atoms with Crippen LogP contribution >= 0.6 is 11.6 Å². The third-order valence-electron chi connectivity index (χ3n) is 4.43. The third kappa shape index (κ3) is 2.63. The molecule has 0 saturated heterocycles. The molecule has 3 nitrogen and oxygen atoms in total. The van der Waals surface area contributed by atoms with Gasteiger partial charge < -0.3 is 0 Å². The molecule has 4 rings (SSSR count). The fourth-order valence-electron chi connectivity index (χ4n) is 2.96. The van der Waals surface area contributed by atoms with Gasteiger partial charge in [-0.25, -0.2) is 0 Å². The maximum Gasteiger partial charge on any atom is 0.216 e. The fraction of sp³-hybridized carbons (Fsp3) is 0.222. The Morgan fingerprint density at radius 2 is 2.17 bits per heavy atom. The number of fused-ring (bicyclic) bond motifs is 1. The maximum atomic E-state index is 13.7. The summed E-state index contributed by atoms with van der Waals surface area (Å²) >= 11 is 6.33. The highest BCUT2D eigenvalue weighted by atomic mass is 35.5. The fourth-order valence-corrected chi connectivity index (χ4v) is 3.19. The van der Waals surface area contributed by atoms with Gasteiger partial charge in [0.15, 0.2) is 0 Å². The Morgan fingerprint density at radius 1 is 1.30 bits per heavy atom. The number of aromatic amines is 1. The second-order valence-electron chi connectivity index (χ2n) is 5.88. The minimum Gasteiger partial charge on any atom is -0.255 e. The SMILES string of the molecule is Fc1[nH]nc2ccc(/C=C(/c3ncccc3Cl)C3CCC3)cc12. The minimum atomic E-state index is -0.406. The summed E-state index contributed by atoms with van der Waals surface area (Å²) in [7, 11) is 0. The molecule has 0 bridgehead atoms. The van der Waals surface area contributed by atoms with Crippen LogP contribution in [0.5, 0.6) is 0 Å². The maximum absolute atomic E-state index is 13.7. The zero-order valence-electron chi connectivity index (χ0n) is 12.4. The molecule has 1 fully saturated rings. The number of nitrogens with one attached hydrogen (secondary N) is 1. The first kappa shape index (κ1) is 14.4. The van der Waals surface area contributed by atoms with Crippen LogP contribution in [0.2, 0.25) is 5.02 Å². The Morgan fingerprint density at radius 3 is 2.91 bits per heavy atom. The lowest BCUT2D eigenvalue weighted by molar-refractivity contribution is 0.401. The van der Waals surface area contributed by atoms with Gasteiger partial charge in [0.2, 0.25) is 5.95 Å². The Labute approximate surface area is 138 Å². The highest BCUT2D eigenvalue weighted by molar-refractivity contribution is 6.32. The van der Waals surface area contributed by atoms with Crippen molar-refractivity contribution in [2.45, 2.75) is 19.3 Å². The van der Waals surface area contributed by atoms with E-state index in [1.165, 1.54) is 6.42 Å². The molecule has 1 aliphatic carbocycles. The van der Waals surface area contributed by atoms with Gasteiger partial charge in [0.25, 0.3) is 0 Å². The second kappa shape index (κ2) is 5.78. The van der Waals surface area contributed by atoms with Gasteiger partial charge in [-0.1, -0.05) is 24.1 Å². The van der Waals surface area contributed by atoms with Crippen molar-refractivity contribution in [1.29, 1.82) is 0 Å². The molecule has 2 heterocycles. The lowest BCUT2D eigenvalue weighted by atomic mass is 9.77. The van der Waals surface area contributed by atoms with Crippen molar-refractivity contribution in [3.63, 3.8) is 0 Å². The number of benzene rings is 1. The Hall–Kier alpha value is -2.20. The van der Waals surface area contributed by atoms with Gasteiger partial charge in [0.05, 0.1) is 21.6 Å². The van der Waals surface area contributed by atoms with Gasteiger partial charge in [-0.05, 0) is 60.2 Å². The Balaban J connectivity index is 1.82. The molecule has 3 aromatic rings. The number of hydrogen-bond acceptors (Lipinski definition) is 2. The molecule has 0 unspecified atom stereocenters. The second-order valence-corrected chi connectivity index (χ2v) is 6.28. The average molecular weight is 328 g/mol. The van der Waals surface area contributed by atoms with Crippen LogP contribution in [0, 0.1) is 11.9 Å². The zero-order valence-corrected chi connectivity index (χ0v) is 13.1. The summed E-state index contributed by atoms with van der Waals surface area (Å²) < 4.78 is 13.7. The molecule has 0 aliphatic heterocycles. The smallest absolute Gasteiger partial charge is 0.216 e. The molecule has 116 valence electrons. The molecule has 1 aromatic carbocycles. The molecular weight excluding hydrogens is 313 g/mol. The van der Waals surface area contributed by atoms with Crippen molar-refractivity contribution in [2.75, 3.05) is 0 Å². The molecule has 1 saturated carbocycles. The van der Waals surface area contributed by atoms with E-state index in [0.717, 1.165) is 29.7 Å². The van der Waals surface area contributed by atoms with Crippen LogP contribution in [-0.2, 0) is 0 Å². The third-order valence-corrected chi connectivity index (χ3v) is 4.74. The Bertz CT molecular complexity index is 896. The van der Waals surface area contributed by atoms with Crippen molar-refractivity contribution in [3.8, 4) is 0 Å². The summed E-state index contributed by atoms with van der Waals surface area (Å²) in [6, 6.07) is 9.26. The number of allylic oxidation sites excluding steroid dienone is 1. The standard InChI is InChI=1S/C18H15ClFN3/c19-15-5-2-8-21-17(15)13(12-3-1-4-12)9-11-6-7-16-14(10-11)18(20)23-22-16/h2,5-10,12H,1,3-4H2,(H,22,23)/b13-9+. The largest absolute Gasteiger partial charge is 0.255 e. The van der Waals surface area contributed by atoms with Crippen LogP contribution in [-0.4, -0.2) is 15.2 Å². The molecule has 1 aliphatic rings. The lowest BCUT2D eigenvalue weighted by Crippen LogP contribution is -2.14. The summed E-state index contributed by atoms with van der Waals surface area (Å²) in [5.41, 5.74) is 3.51. The monoisotopic (exact) mass is 327 g/mol. The van der Waals surface area contributed by atoms with E-state index in [0.29, 0.717) is 21.8 Å². The lowest BCUT2D eigenvalue weighted by Gasteiger charge is -2.28. The molecule has 0 spiro atoms. The first-order valence-corrected chi connectivity index (χ1v) is 8.06. The normalized spacial score (nSPS) is 15.8. The molecule has 0 atom stereocenters. The zero-order chi connectivity index (χ0) is 15.8. The van der Waals surface area contributed by atoms with E-state index in [2.05, 4.69) is 21.3 Å². The summed E-state index contributed by atoms with van der Waals surface area (Å²) in [6.07, 6.45) is 7.33. The minimum absolute atomic E-state index is 0.406. The van der Waals surface area contributed by atoms with Crippen LogP contribution in [0.25, 0.3) is 22.6 Å². The molecule has 0 radical (unpaired) electrons. The molecule has 23 heavy (non-hydrogen) atoms. The molecule has 1 N–H and O–H groups in total. The van der Waals surface area contributed by atoms with Crippen molar-refractivity contribution in [2.24, 2.45) is 5.92 Å². The summed E-state index contributed by atoms with van der Waals surface area (Å²) in [6.45, 7) is 0. The Kier molecular flexibility index (Phi) is 3.62. The quantitative estimate of drug-likeness (QED) is 0.728. The van der Waals surface area contributed by atoms with Gasteiger partial charge in [-0.15, -0.1) is 0 Å². The first-order chi connectivity index (χ1) is 11.2. The van der Waals surface area contributed by atoms with E-state index in [-0.39, 0.29) is 0 Å². The van der Waals surface area contributed by atoms with Crippen molar-refractivity contribution in [1.82, 2.24) is 15.2 Å². The van der Waals surface area contributed by atoms with Crippen LogP contribution < -0.4 is 0 Å². The van der Waals surface area contributed by atoms with Gasteiger partial charge in [0, 0.05) is 6.20 Å². The van der Waals surface area contributed by atoms with E-state index in [1.807, 2.05) is 30.3 Å². The van der Waals surface area contributed by atoms with E-state index in [4.69, 9.17) is 11.6 Å². The van der Waals surface area contributed by atoms with Gasteiger partial charge in [-0.3, -0.25) is 10.1 Å². The van der Waals surface area contributed by atoms with Crippen molar-refractivity contribution in [3.05, 3.63) is 58.8 Å². The van der Waals surface area contributed by atoms with Gasteiger partial charge >= 0.3 is 0 Å². The number of rotatable bonds is 3. The van der Waals surface area contributed by atoms with Crippen molar-refractivity contribution < 1.29 is 4.39 Å². The van der Waals surface area contributed by atoms with E-state index >= 15 is 0 Å². The van der Waals surface area contributed by atoms with Crippen molar-refractivity contribution >= 4 is 34.2 Å². The predicted molar refractivity (Wildman–Crippen MR) is 90.5 cm³/mol. The van der Waals surface area contributed by atoms with Crippen LogP contribution in [0.15, 0.2) is 36.5 Å².